The van der Waals surface area contributed by atoms with E-state index in [1.54, 1.807) is 0 Å². The van der Waals surface area contributed by atoms with Gasteiger partial charge in [0.15, 0.2) is 0 Å². The van der Waals surface area contributed by atoms with Gasteiger partial charge < -0.3 is 18.6 Å². The average molecular weight is 855 g/mol. The molecule has 14 rings (SSSR count). The number of nitrogens with zero attached hydrogens (tertiary/aromatic N) is 4. The fourth-order valence-electron chi connectivity index (χ4n) is 11.1. The van der Waals surface area contributed by atoms with Crippen molar-refractivity contribution < 1.29 is 0 Å². The molecular formula is C63H42N4. The second-order valence-corrected chi connectivity index (χ2v) is 17.8. The van der Waals surface area contributed by atoms with Gasteiger partial charge in [0.1, 0.15) is 0 Å². The molecule has 67 heavy (non-hydrogen) atoms. The molecule has 0 fully saturated rings. The molecule has 314 valence electrons. The minimum atomic E-state index is 0.713. The molecule has 0 saturated carbocycles. The highest BCUT2D eigenvalue weighted by Gasteiger charge is 2.22. The Bertz CT molecular complexity index is 4200. The Morgan fingerprint density at radius 3 is 1.66 bits per heavy atom. The van der Waals surface area contributed by atoms with Gasteiger partial charge in [-0.05, 0) is 131 Å². The van der Waals surface area contributed by atoms with Crippen LogP contribution in [-0.4, -0.2) is 20.2 Å². The molecular weight excluding hydrogens is 813 g/mol. The zero-order chi connectivity index (χ0) is 44.2. The van der Waals surface area contributed by atoms with E-state index in [-0.39, 0.29) is 0 Å². The lowest BCUT2D eigenvalue weighted by Crippen LogP contribution is -2.18. The first-order chi connectivity index (χ1) is 33.2. The summed E-state index contributed by atoms with van der Waals surface area (Å²) in [5.74, 6) is 0. The Kier molecular flexibility index (Phi) is 8.16. The van der Waals surface area contributed by atoms with Crippen molar-refractivity contribution in [1.29, 1.82) is 0 Å². The minimum Gasteiger partial charge on any atom is -0.337 e. The largest absolute Gasteiger partial charge is 0.337 e. The Hall–Kier alpha value is -8.86. The molecule has 0 unspecified atom stereocenters. The second-order valence-electron chi connectivity index (χ2n) is 17.8. The van der Waals surface area contributed by atoms with E-state index >= 15 is 0 Å². The van der Waals surface area contributed by atoms with Crippen molar-refractivity contribution in [3.63, 3.8) is 0 Å². The Morgan fingerprint density at radius 2 is 0.940 bits per heavy atom. The van der Waals surface area contributed by atoms with E-state index in [0.717, 1.165) is 45.1 Å². The first kappa shape index (κ1) is 37.5. The van der Waals surface area contributed by atoms with Gasteiger partial charge in [-0.15, -0.1) is 0 Å². The van der Waals surface area contributed by atoms with Crippen LogP contribution in [0.2, 0.25) is 0 Å². The van der Waals surface area contributed by atoms with Crippen molar-refractivity contribution >= 4 is 93.1 Å². The maximum absolute atomic E-state index is 4.66. The third-order valence-corrected chi connectivity index (χ3v) is 14.1. The maximum Gasteiger partial charge on any atom is 0.0553 e. The standard InChI is InChI=1S/C63H42N4/c1-41-16-5-4-14-35-64(48-30-33-58-53(39-48)50-22-10-12-24-56(50)65(58)46-18-6-2-7-19-46)55-32-29-43(37-52(41)55)45-36-44-28-27-42-17-15-26-60-62(42)63(44)61(38-45)67(60)49-31-34-59-54(40-49)51-23-11-13-25-57(51)66(59)47-20-8-3-9-21-47/h2-34,36-40H,1,35H2/b14-4-,16-5-. The van der Waals surface area contributed by atoms with Gasteiger partial charge in [0.2, 0.25) is 0 Å². The van der Waals surface area contributed by atoms with Crippen LogP contribution in [0, 0.1) is 0 Å². The lowest BCUT2D eigenvalue weighted by Gasteiger charge is -2.27. The molecule has 4 heteroatoms. The molecule has 0 aliphatic carbocycles. The van der Waals surface area contributed by atoms with E-state index in [1.807, 2.05) is 0 Å². The van der Waals surface area contributed by atoms with Gasteiger partial charge in [-0.25, -0.2) is 0 Å². The minimum absolute atomic E-state index is 0.713. The normalized spacial score (nSPS) is 14.1. The molecule has 1 aliphatic rings. The Balaban J connectivity index is 0.938. The molecule has 0 radical (unpaired) electrons. The predicted molar refractivity (Wildman–Crippen MR) is 284 cm³/mol. The molecule has 10 aromatic carbocycles. The summed E-state index contributed by atoms with van der Waals surface area (Å²) in [6.07, 6.45) is 8.63. The number of hydrogen-bond donors (Lipinski definition) is 0. The number of benzene rings is 10. The van der Waals surface area contributed by atoms with Crippen LogP contribution < -0.4 is 4.90 Å². The predicted octanol–water partition coefficient (Wildman–Crippen LogP) is 16.5. The number of anilines is 2. The van der Waals surface area contributed by atoms with Crippen LogP contribution in [-0.2, 0) is 0 Å². The van der Waals surface area contributed by atoms with Gasteiger partial charge in [0, 0.05) is 72.9 Å². The van der Waals surface area contributed by atoms with Crippen LogP contribution >= 0.6 is 0 Å². The second kappa shape index (κ2) is 14.6. The molecule has 4 nitrogen and oxygen atoms in total. The SMILES string of the molecule is C=C1/C=C\C=C/CN(c2ccc3c(c2)c2ccccc2n3-c2ccccc2)c2ccc(-c3cc4ccc5cccc6c5c4c(c3)n6-c3ccc4c(c3)c3ccccc3n4-c3ccccc3)cc21. The van der Waals surface area contributed by atoms with E-state index in [0.29, 0.717) is 6.54 Å². The lowest BCUT2D eigenvalue weighted by atomic mass is 9.94. The van der Waals surface area contributed by atoms with Crippen LogP contribution in [0.25, 0.3) is 110 Å². The number of rotatable bonds is 5. The first-order valence-corrected chi connectivity index (χ1v) is 23.1. The van der Waals surface area contributed by atoms with Crippen LogP contribution in [0.4, 0.5) is 11.4 Å². The zero-order valence-electron chi connectivity index (χ0n) is 36.6. The van der Waals surface area contributed by atoms with Gasteiger partial charge in [-0.3, -0.25) is 0 Å². The number of para-hydroxylation sites is 4. The topological polar surface area (TPSA) is 18.0 Å². The molecule has 0 spiro atoms. The highest BCUT2D eigenvalue weighted by Crippen LogP contribution is 2.45. The third kappa shape index (κ3) is 5.66. The quantitative estimate of drug-likeness (QED) is 0.158. The van der Waals surface area contributed by atoms with Crippen LogP contribution in [0.1, 0.15) is 5.56 Å². The summed E-state index contributed by atoms with van der Waals surface area (Å²) in [6, 6.07) is 75.8. The summed E-state index contributed by atoms with van der Waals surface area (Å²) in [7, 11) is 0. The van der Waals surface area contributed by atoms with Crippen molar-refractivity contribution in [1.82, 2.24) is 13.7 Å². The smallest absolute Gasteiger partial charge is 0.0553 e. The van der Waals surface area contributed by atoms with Crippen LogP contribution in [0.3, 0.4) is 0 Å². The van der Waals surface area contributed by atoms with E-state index in [2.05, 4.69) is 256 Å². The summed E-state index contributed by atoms with van der Waals surface area (Å²) in [4.78, 5) is 2.43. The lowest BCUT2D eigenvalue weighted by molar-refractivity contribution is 1.09. The zero-order valence-corrected chi connectivity index (χ0v) is 36.6. The molecule has 0 atom stereocenters. The number of fused-ring (bicyclic) bond motifs is 7. The fraction of sp³-hybridized carbons (Fsp3) is 0.0159. The molecule has 3 aromatic heterocycles. The van der Waals surface area contributed by atoms with E-state index in [9.17, 15) is 0 Å². The molecule has 1 aliphatic heterocycles. The summed E-state index contributed by atoms with van der Waals surface area (Å²) >= 11 is 0. The van der Waals surface area contributed by atoms with Crippen molar-refractivity contribution in [2.24, 2.45) is 0 Å². The summed E-state index contributed by atoms with van der Waals surface area (Å²) < 4.78 is 7.25. The van der Waals surface area contributed by atoms with Crippen LogP contribution in [0.15, 0.2) is 237 Å². The van der Waals surface area contributed by atoms with E-state index in [1.165, 1.54) is 81.8 Å². The fourth-order valence-corrected chi connectivity index (χ4v) is 11.1. The monoisotopic (exact) mass is 854 g/mol. The van der Waals surface area contributed by atoms with Crippen molar-refractivity contribution in [2.75, 3.05) is 11.4 Å². The van der Waals surface area contributed by atoms with Gasteiger partial charge in [-0.1, -0.05) is 134 Å². The number of allylic oxidation sites excluding steroid dienone is 4. The number of aromatic nitrogens is 3. The maximum atomic E-state index is 4.66. The Labute approximate surface area is 387 Å². The average Bonchev–Trinajstić information content (AvgIpc) is 4.04. The van der Waals surface area contributed by atoms with E-state index < -0.39 is 0 Å². The van der Waals surface area contributed by atoms with E-state index in [4.69, 9.17) is 0 Å². The molecule has 4 heterocycles. The van der Waals surface area contributed by atoms with Gasteiger partial charge in [0.25, 0.3) is 0 Å². The summed E-state index contributed by atoms with van der Waals surface area (Å²) in [5, 5.41) is 10.0. The van der Waals surface area contributed by atoms with Gasteiger partial charge in [-0.2, -0.15) is 0 Å². The summed E-state index contributed by atoms with van der Waals surface area (Å²) in [5.41, 5.74) is 17.3. The molecule has 13 aromatic rings. The third-order valence-electron chi connectivity index (χ3n) is 14.1. The summed E-state index contributed by atoms with van der Waals surface area (Å²) in [6.45, 7) is 5.38. The molecule has 0 amide bonds. The molecule has 0 N–H and O–H groups in total. The highest BCUT2D eigenvalue weighted by molar-refractivity contribution is 6.25. The van der Waals surface area contributed by atoms with Crippen molar-refractivity contribution in [2.45, 2.75) is 0 Å². The molecule has 0 bridgehead atoms. The van der Waals surface area contributed by atoms with Crippen LogP contribution in [0.5, 0.6) is 0 Å². The highest BCUT2D eigenvalue weighted by atomic mass is 15.1. The number of hydrogen-bond acceptors (Lipinski definition) is 1. The van der Waals surface area contributed by atoms with Crippen molar-refractivity contribution in [3.8, 4) is 28.2 Å². The Morgan fingerprint density at radius 1 is 0.358 bits per heavy atom. The van der Waals surface area contributed by atoms with Gasteiger partial charge >= 0.3 is 0 Å². The van der Waals surface area contributed by atoms with Crippen molar-refractivity contribution in [3.05, 3.63) is 243 Å². The first-order valence-electron chi connectivity index (χ1n) is 23.1. The van der Waals surface area contributed by atoms with Gasteiger partial charge in [0.05, 0.1) is 33.1 Å². The molecule has 0 saturated heterocycles.